The number of carbonyl (C=O) groups is 1. The van der Waals surface area contributed by atoms with Crippen LogP contribution < -0.4 is 4.74 Å². The molecule has 1 rings (SSSR count). The van der Waals surface area contributed by atoms with Crippen LogP contribution in [-0.2, 0) is 4.74 Å². The second-order valence-corrected chi connectivity index (χ2v) is 4.00. The molecule has 18 heavy (non-hydrogen) atoms. The third-order valence-electron chi connectivity index (χ3n) is 2.55. The van der Waals surface area contributed by atoms with Gasteiger partial charge < -0.3 is 9.47 Å². The second-order valence-electron chi connectivity index (χ2n) is 4.00. The number of ether oxygens (including phenoxy) is 2. The van der Waals surface area contributed by atoms with Gasteiger partial charge in [-0.05, 0) is 25.2 Å². The maximum absolute atomic E-state index is 13.1. The van der Waals surface area contributed by atoms with Crippen molar-refractivity contribution in [3.05, 3.63) is 29.6 Å². The number of likely N-dealkylation sites (N-methyl/N-ethyl adjacent to an activating group) is 1. The molecule has 1 aromatic rings. The summed E-state index contributed by atoms with van der Waals surface area (Å²) in [5.41, 5.74) is 0.266. The van der Waals surface area contributed by atoms with Crippen molar-refractivity contribution < 1.29 is 18.7 Å². The zero-order valence-corrected chi connectivity index (χ0v) is 10.9. The van der Waals surface area contributed by atoms with Gasteiger partial charge in [0.2, 0.25) is 0 Å². The quantitative estimate of drug-likeness (QED) is 0.694. The van der Waals surface area contributed by atoms with E-state index in [1.165, 1.54) is 25.3 Å². The molecule has 0 saturated carbocycles. The van der Waals surface area contributed by atoms with Crippen LogP contribution in [-0.4, -0.2) is 51.6 Å². The molecule has 0 fully saturated rings. The van der Waals surface area contributed by atoms with E-state index in [9.17, 15) is 9.18 Å². The van der Waals surface area contributed by atoms with Crippen molar-refractivity contribution in [2.45, 2.75) is 0 Å². The molecular formula is C13H18FNO3. The number of ketones is 1. The number of carbonyl (C=O) groups excluding carboxylic acids is 1. The molecule has 0 atom stereocenters. The molecule has 1 aromatic carbocycles. The van der Waals surface area contributed by atoms with Gasteiger partial charge >= 0.3 is 0 Å². The molecule has 0 unspecified atom stereocenters. The molecule has 5 heteroatoms. The lowest BCUT2D eigenvalue weighted by atomic mass is 10.1. The van der Waals surface area contributed by atoms with E-state index in [2.05, 4.69) is 0 Å². The van der Waals surface area contributed by atoms with Gasteiger partial charge in [0, 0.05) is 13.7 Å². The predicted octanol–water partition coefficient (Wildman–Crippen LogP) is 1.60. The summed E-state index contributed by atoms with van der Waals surface area (Å²) in [5.74, 6) is -0.231. The number of rotatable bonds is 7. The van der Waals surface area contributed by atoms with Crippen LogP contribution in [0.4, 0.5) is 4.39 Å². The van der Waals surface area contributed by atoms with Gasteiger partial charge in [-0.3, -0.25) is 9.69 Å². The summed E-state index contributed by atoms with van der Waals surface area (Å²) in [4.78, 5) is 13.8. The number of halogens is 1. The van der Waals surface area contributed by atoms with Gasteiger partial charge in [-0.25, -0.2) is 4.39 Å². The fourth-order valence-electron chi connectivity index (χ4n) is 1.55. The van der Waals surface area contributed by atoms with E-state index in [-0.39, 0.29) is 17.9 Å². The van der Waals surface area contributed by atoms with Gasteiger partial charge in [-0.1, -0.05) is 0 Å². The molecule has 0 N–H and O–H groups in total. The molecule has 100 valence electrons. The Morgan fingerprint density at radius 2 is 2.11 bits per heavy atom. The summed E-state index contributed by atoms with van der Waals surface area (Å²) in [5, 5.41) is 0. The van der Waals surface area contributed by atoms with Gasteiger partial charge in [-0.15, -0.1) is 0 Å². The summed E-state index contributed by atoms with van der Waals surface area (Å²) < 4.78 is 23.1. The standard InChI is InChI=1S/C13H18FNO3/c1-15(6-7-17-2)9-12(16)11-8-10(14)4-5-13(11)18-3/h4-5,8H,6-7,9H2,1-3H3. The zero-order chi connectivity index (χ0) is 13.5. The molecule has 0 aliphatic rings. The van der Waals surface area contributed by atoms with Crippen LogP contribution in [0.5, 0.6) is 5.75 Å². The minimum Gasteiger partial charge on any atom is -0.496 e. The predicted molar refractivity (Wildman–Crippen MR) is 66.7 cm³/mol. The number of nitrogens with zero attached hydrogens (tertiary/aromatic N) is 1. The average molecular weight is 255 g/mol. The first-order valence-corrected chi connectivity index (χ1v) is 5.62. The lowest BCUT2D eigenvalue weighted by Crippen LogP contribution is -2.29. The topological polar surface area (TPSA) is 38.8 Å². The fraction of sp³-hybridized carbons (Fsp3) is 0.462. The third kappa shape index (κ3) is 4.09. The minimum absolute atomic E-state index is 0.176. The fourth-order valence-corrected chi connectivity index (χ4v) is 1.55. The Kier molecular flexibility index (Phi) is 5.74. The van der Waals surface area contributed by atoms with Crippen LogP contribution in [0.3, 0.4) is 0 Å². The van der Waals surface area contributed by atoms with E-state index in [0.29, 0.717) is 18.9 Å². The van der Waals surface area contributed by atoms with Crippen LogP contribution in [0, 0.1) is 5.82 Å². The number of methoxy groups -OCH3 is 2. The molecule has 0 saturated heterocycles. The normalized spacial score (nSPS) is 10.7. The van der Waals surface area contributed by atoms with Crippen molar-refractivity contribution in [3.8, 4) is 5.75 Å². The Morgan fingerprint density at radius 3 is 2.72 bits per heavy atom. The Labute approximate surface area is 106 Å². The SMILES string of the molecule is COCCN(C)CC(=O)c1cc(F)ccc1OC. The van der Waals surface area contributed by atoms with Crippen LogP contribution in [0.2, 0.25) is 0 Å². The van der Waals surface area contributed by atoms with Crippen molar-refractivity contribution in [1.82, 2.24) is 4.90 Å². The first kappa shape index (κ1) is 14.6. The summed E-state index contributed by atoms with van der Waals surface area (Å²) >= 11 is 0. The Bertz CT molecular complexity index is 409. The smallest absolute Gasteiger partial charge is 0.180 e. The minimum atomic E-state index is -0.446. The van der Waals surface area contributed by atoms with E-state index >= 15 is 0 Å². The van der Waals surface area contributed by atoms with Gasteiger partial charge in [0.15, 0.2) is 5.78 Å². The first-order valence-electron chi connectivity index (χ1n) is 5.62. The van der Waals surface area contributed by atoms with E-state index < -0.39 is 5.82 Å². The number of hydrogen-bond donors (Lipinski definition) is 0. The third-order valence-corrected chi connectivity index (χ3v) is 2.55. The van der Waals surface area contributed by atoms with Crippen LogP contribution in [0.1, 0.15) is 10.4 Å². The van der Waals surface area contributed by atoms with Gasteiger partial charge in [0.05, 0.1) is 25.8 Å². The number of benzene rings is 1. The maximum atomic E-state index is 13.1. The first-order chi connectivity index (χ1) is 8.58. The van der Waals surface area contributed by atoms with Crippen LogP contribution >= 0.6 is 0 Å². The van der Waals surface area contributed by atoms with Crippen molar-refractivity contribution in [1.29, 1.82) is 0 Å². The lowest BCUT2D eigenvalue weighted by Gasteiger charge is -2.16. The highest BCUT2D eigenvalue weighted by Gasteiger charge is 2.15. The zero-order valence-electron chi connectivity index (χ0n) is 10.9. The van der Waals surface area contributed by atoms with E-state index in [0.717, 1.165) is 0 Å². The summed E-state index contributed by atoms with van der Waals surface area (Å²) in [7, 11) is 4.87. The van der Waals surface area contributed by atoms with Crippen molar-refractivity contribution >= 4 is 5.78 Å². The highest BCUT2D eigenvalue weighted by atomic mass is 19.1. The molecule has 0 radical (unpaired) electrons. The molecule has 0 aliphatic carbocycles. The molecule has 0 bridgehead atoms. The van der Waals surface area contributed by atoms with Crippen molar-refractivity contribution in [2.24, 2.45) is 0 Å². The highest BCUT2D eigenvalue weighted by Crippen LogP contribution is 2.19. The molecule has 0 aliphatic heterocycles. The molecule has 0 amide bonds. The summed E-state index contributed by atoms with van der Waals surface area (Å²) in [6.45, 7) is 1.38. The Hall–Kier alpha value is -1.46. The second kappa shape index (κ2) is 7.08. The van der Waals surface area contributed by atoms with Crippen molar-refractivity contribution in [2.75, 3.05) is 41.0 Å². The highest BCUT2D eigenvalue weighted by molar-refractivity contribution is 6.00. The largest absolute Gasteiger partial charge is 0.496 e. The molecular weight excluding hydrogens is 237 g/mol. The van der Waals surface area contributed by atoms with Crippen LogP contribution in [0.25, 0.3) is 0 Å². The average Bonchev–Trinajstić information content (AvgIpc) is 2.36. The molecule has 0 spiro atoms. The number of Topliss-reactive ketones (excluding diaryl/α,β-unsaturated/α-hetero) is 1. The Balaban J connectivity index is 2.74. The monoisotopic (exact) mass is 255 g/mol. The molecule has 0 heterocycles. The Morgan fingerprint density at radius 1 is 1.39 bits per heavy atom. The summed E-state index contributed by atoms with van der Waals surface area (Å²) in [6.07, 6.45) is 0. The van der Waals surface area contributed by atoms with Crippen LogP contribution in [0.15, 0.2) is 18.2 Å². The van der Waals surface area contributed by atoms with Crippen molar-refractivity contribution in [3.63, 3.8) is 0 Å². The molecule has 4 nitrogen and oxygen atoms in total. The molecule has 0 aromatic heterocycles. The van der Waals surface area contributed by atoms with Gasteiger partial charge in [0.1, 0.15) is 11.6 Å². The lowest BCUT2D eigenvalue weighted by molar-refractivity contribution is 0.0919. The van der Waals surface area contributed by atoms with Gasteiger partial charge in [-0.2, -0.15) is 0 Å². The van der Waals surface area contributed by atoms with E-state index in [1.54, 1.807) is 7.11 Å². The summed E-state index contributed by atoms with van der Waals surface area (Å²) in [6, 6.07) is 3.92. The maximum Gasteiger partial charge on any atom is 0.180 e. The van der Waals surface area contributed by atoms with E-state index in [1.807, 2.05) is 11.9 Å². The van der Waals surface area contributed by atoms with Gasteiger partial charge in [0.25, 0.3) is 0 Å². The number of hydrogen-bond acceptors (Lipinski definition) is 4. The van der Waals surface area contributed by atoms with E-state index in [4.69, 9.17) is 9.47 Å².